The summed E-state index contributed by atoms with van der Waals surface area (Å²) >= 11 is 0. The molecule has 0 aromatic heterocycles. The molecule has 4 aliphatic carbocycles. The van der Waals surface area contributed by atoms with Gasteiger partial charge in [0.15, 0.2) is 0 Å². The predicted molar refractivity (Wildman–Crippen MR) is 60.3 cm³/mol. The number of rotatable bonds is 1. The summed E-state index contributed by atoms with van der Waals surface area (Å²) in [6.07, 6.45) is 6.91. The molecule has 15 heavy (non-hydrogen) atoms. The summed E-state index contributed by atoms with van der Waals surface area (Å²) in [5.41, 5.74) is 6.12. The summed E-state index contributed by atoms with van der Waals surface area (Å²) in [6.45, 7) is 4.31. The largest absolute Gasteiger partial charge is 0.390 e. The number of nitrogens with two attached hydrogens (primary N) is 1. The van der Waals surface area contributed by atoms with Crippen LogP contribution in [0.3, 0.4) is 0 Å². The first-order valence-electron chi connectivity index (χ1n) is 6.33. The minimum atomic E-state index is -0.360. The quantitative estimate of drug-likeness (QED) is 0.694. The van der Waals surface area contributed by atoms with E-state index >= 15 is 0 Å². The van der Waals surface area contributed by atoms with Gasteiger partial charge >= 0.3 is 0 Å². The Balaban J connectivity index is 2.00. The molecule has 0 aromatic rings. The minimum absolute atomic E-state index is 0.126. The van der Waals surface area contributed by atoms with Crippen LogP contribution in [0.1, 0.15) is 52.4 Å². The van der Waals surface area contributed by atoms with Crippen molar-refractivity contribution in [1.82, 2.24) is 0 Å². The fourth-order valence-corrected chi connectivity index (χ4v) is 4.97. The molecule has 0 heterocycles. The fourth-order valence-electron chi connectivity index (χ4n) is 4.97. The Morgan fingerprint density at radius 2 is 1.67 bits per heavy atom. The summed E-state index contributed by atoms with van der Waals surface area (Å²) in [7, 11) is 0. The minimum Gasteiger partial charge on any atom is -0.390 e. The summed E-state index contributed by atoms with van der Waals surface area (Å²) in [5.74, 6) is 1.50. The Morgan fingerprint density at radius 3 is 2.07 bits per heavy atom. The van der Waals surface area contributed by atoms with Crippen molar-refractivity contribution in [2.24, 2.45) is 23.0 Å². The van der Waals surface area contributed by atoms with E-state index in [4.69, 9.17) is 5.73 Å². The first kappa shape index (κ1) is 10.1. The van der Waals surface area contributed by atoms with Gasteiger partial charge in [-0.2, -0.15) is 0 Å². The van der Waals surface area contributed by atoms with Crippen LogP contribution in [0.15, 0.2) is 0 Å². The average molecular weight is 209 g/mol. The van der Waals surface area contributed by atoms with Crippen molar-refractivity contribution in [3.05, 3.63) is 0 Å². The van der Waals surface area contributed by atoms with Crippen LogP contribution in [0.4, 0.5) is 0 Å². The molecule has 2 nitrogen and oxygen atoms in total. The molecule has 2 unspecified atom stereocenters. The molecule has 0 spiro atoms. The number of hydrogen-bond donors (Lipinski definition) is 2. The molecular weight excluding hydrogens is 186 g/mol. The fraction of sp³-hybridized carbons (Fsp3) is 1.00. The molecule has 0 radical (unpaired) electrons. The second kappa shape index (κ2) is 2.60. The maximum absolute atomic E-state index is 10.6. The molecule has 0 amide bonds. The standard InChI is InChI=1S/C13H23NO/c1-11(2,14)12-4-9-3-10(5-12)7-13(15,6-9)8-12/h9-10,15H,3-8,14H2,1-2H3. The summed E-state index contributed by atoms with van der Waals surface area (Å²) in [6, 6.07) is 0. The van der Waals surface area contributed by atoms with Gasteiger partial charge in [0.25, 0.3) is 0 Å². The van der Waals surface area contributed by atoms with E-state index < -0.39 is 0 Å². The molecule has 4 aliphatic rings. The van der Waals surface area contributed by atoms with Gasteiger partial charge in [0.05, 0.1) is 5.60 Å². The van der Waals surface area contributed by atoms with Gasteiger partial charge < -0.3 is 10.8 Å². The van der Waals surface area contributed by atoms with Crippen LogP contribution in [-0.2, 0) is 0 Å². The van der Waals surface area contributed by atoms with Gasteiger partial charge in [-0.1, -0.05) is 0 Å². The Hall–Kier alpha value is -0.0800. The normalized spacial score (nSPS) is 53.6. The maximum atomic E-state index is 10.6. The second-order valence-electron chi connectivity index (χ2n) is 7.19. The van der Waals surface area contributed by atoms with Gasteiger partial charge in [-0.15, -0.1) is 0 Å². The molecule has 86 valence electrons. The lowest BCUT2D eigenvalue weighted by Crippen LogP contribution is -2.64. The van der Waals surface area contributed by atoms with Gasteiger partial charge in [0.2, 0.25) is 0 Å². The van der Waals surface area contributed by atoms with Crippen LogP contribution in [0.5, 0.6) is 0 Å². The third kappa shape index (κ3) is 1.31. The van der Waals surface area contributed by atoms with E-state index in [2.05, 4.69) is 13.8 Å². The number of aliphatic hydroxyl groups is 1. The molecule has 0 aromatic carbocycles. The van der Waals surface area contributed by atoms with Gasteiger partial charge in [-0.05, 0) is 69.6 Å². The van der Waals surface area contributed by atoms with Crippen molar-refractivity contribution in [2.45, 2.75) is 63.5 Å². The van der Waals surface area contributed by atoms with E-state index in [-0.39, 0.29) is 16.6 Å². The molecular formula is C13H23NO. The van der Waals surface area contributed by atoms with Crippen molar-refractivity contribution < 1.29 is 5.11 Å². The van der Waals surface area contributed by atoms with Crippen molar-refractivity contribution in [3.8, 4) is 0 Å². The van der Waals surface area contributed by atoms with Crippen LogP contribution in [0.2, 0.25) is 0 Å². The predicted octanol–water partition coefficient (Wildman–Crippen LogP) is 2.06. The summed E-state index contributed by atoms with van der Waals surface area (Å²) in [5, 5.41) is 10.6. The Kier molecular flexibility index (Phi) is 1.75. The Bertz CT molecular complexity index is 277. The van der Waals surface area contributed by atoms with Gasteiger partial charge in [-0.3, -0.25) is 0 Å². The zero-order valence-electron chi connectivity index (χ0n) is 9.92. The van der Waals surface area contributed by atoms with E-state index in [0.29, 0.717) is 0 Å². The van der Waals surface area contributed by atoms with Crippen molar-refractivity contribution in [1.29, 1.82) is 0 Å². The van der Waals surface area contributed by atoms with Crippen LogP contribution >= 0.6 is 0 Å². The number of hydrogen-bond acceptors (Lipinski definition) is 2. The van der Waals surface area contributed by atoms with Crippen LogP contribution < -0.4 is 5.73 Å². The molecule has 2 heteroatoms. The summed E-state index contributed by atoms with van der Waals surface area (Å²) < 4.78 is 0. The van der Waals surface area contributed by atoms with E-state index in [1.54, 1.807) is 0 Å². The zero-order valence-corrected chi connectivity index (χ0v) is 9.92. The van der Waals surface area contributed by atoms with E-state index in [1.807, 2.05) is 0 Å². The lowest BCUT2D eigenvalue weighted by molar-refractivity contribution is -0.181. The maximum Gasteiger partial charge on any atom is 0.0659 e. The van der Waals surface area contributed by atoms with Crippen LogP contribution in [0, 0.1) is 17.3 Å². The molecule has 4 rings (SSSR count). The SMILES string of the molecule is CC(C)(N)C12CC3CC(CC(O)(C3)C1)C2. The lowest BCUT2D eigenvalue weighted by atomic mass is 9.44. The van der Waals surface area contributed by atoms with Crippen LogP contribution in [0.25, 0.3) is 0 Å². The third-order valence-corrected chi connectivity index (χ3v) is 5.40. The van der Waals surface area contributed by atoms with E-state index in [0.717, 1.165) is 31.1 Å². The van der Waals surface area contributed by atoms with E-state index in [1.165, 1.54) is 19.3 Å². The highest BCUT2D eigenvalue weighted by Crippen LogP contribution is 2.64. The molecule has 2 atom stereocenters. The van der Waals surface area contributed by atoms with Crippen molar-refractivity contribution in [2.75, 3.05) is 0 Å². The molecule has 3 N–H and O–H groups in total. The highest BCUT2D eigenvalue weighted by molar-refractivity contribution is 5.13. The molecule has 0 saturated heterocycles. The lowest BCUT2D eigenvalue weighted by Gasteiger charge is -2.64. The van der Waals surface area contributed by atoms with Gasteiger partial charge in [-0.25, -0.2) is 0 Å². The third-order valence-electron chi connectivity index (χ3n) is 5.40. The average Bonchev–Trinajstić information content (AvgIpc) is 1.95. The molecule has 4 fully saturated rings. The Morgan fingerprint density at radius 1 is 1.13 bits per heavy atom. The van der Waals surface area contributed by atoms with Crippen molar-refractivity contribution in [3.63, 3.8) is 0 Å². The first-order chi connectivity index (χ1) is 6.82. The van der Waals surface area contributed by atoms with Crippen LogP contribution in [-0.4, -0.2) is 16.2 Å². The highest BCUT2D eigenvalue weighted by Gasteiger charge is 2.60. The molecule has 4 bridgehead atoms. The van der Waals surface area contributed by atoms with Gasteiger partial charge in [0, 0.05) is 5.54 Å². The molecule has 4 saturated carbocycles. The highest BCUT2D eigenvalue weighted by atomic mass is 16.3. The first-order valence-corrected chi connectivity index (χ1v) is 6.33. The van der Waals surface area contributed by atoms with Crippen molar-refractivity contribution >= 4 is 0 Å². The van der Waals surface area contributed by atoms with E-state index in [9.17, 15) is 5.11 Å². The smallest absolute Gasteiger partial charge is 0.0659 e. The van der Waals surface area contributed by atoms with Gasteiger partial charge in [0.1, 0.15) is 0 Å². The second-order valence-corrected chi connectivity index (χ2v) is 7.19. The molecule has 0 aliphatic heterocycles. The monoisotopic (exact) mass is 209 g/mol. The Labute approximate surface area is 92.2 Å². The summed E-state index contributed by atoms with van der Waals surface area (Å²) in [4.78, 5) is 0. The topological polar surface area (TPSA) is 46.2 Å². The zero-order chi connectivity index (χ0) is 10.9.